The van der Waals surface area contributed by atoms with Crippen molar-refractivity contribution in [3.63, 3.8) is 0 Å². The highest BCUT2D eigenvalue weighted by molar-refractivity contribution is 5.82. The molecule has 1 aliphatic rings. The second-order valence-electron chi connectivity index (χ2n) is 3.62. The van der Waals surface area contributed by atoms with Crippen LogP contribution in [0, 0.1) is 5.92 Å². The van der Waals surface area contributed by atoms with Crippen LogP contribution >= 0.6 is 0 Å². The molecule has 0 radical (unpaired) electrons. The molecule has 3 nitrogen and oxygen atoms in total. The van der Waals surface area contributed by atoms with Crippen LogP contribution in [-0.4, -0.2) is 16.6 Å². The molecule has 0 unspecified atom stereocenters. The molecule has 0 aromatic rings. The van der Waals surface area contributed by atoms with Crippen molar-refractivity contribution in [3.8, 4) is 0 Å². The van der Waals surface area contributed by atoms with Gasteiger partial charge in [-0.15, -0.1) is 0 Å². The molecule has 1 rings (SSSR count). The molecule has 3 heteroatoms. The predicted octanol–water partition coefficient (Wildman–Crippen LogP) is 0.413. The fourth-order valence-electron chi connectivity index (χ4n) is 1.01. The second kappa shape index (κ2) is 2.81. The lowest BCUT2D eigenvalue weighted by Crippen LogP contribution is -2.40. The summed E-state index contributed by atoms with van der Waals surface area (Å²) < 4.78 is 0. The summed E-state index contributed by atoms with van der Waals surface area (Å²) in [6.07, 6.45) is 3.92. The van der Waals surface area contributed by atoms with Crippen LogP contribution in [0.3, 0.4) is 0 Å². The fourth-order valence-corrected chi connectivity index (χ4v) is 1.01. The molecule has 1 fully saturated rings. The number of amides is 1. The number of carbonyl (C=O) groups excluding carboxylic acids is 1. The summed E-state index contributed by atoms with van der Waals surface area (Å²) >= 11 is 0. The molecule has 64 valence electrons. The van der Waals surface area contributed by atoms with Gasteiger partial charge in [0.15, 0.2) is 0 Å². The zero-order valence-electron chi connectivity index (χ0n) is 6.84. The highest BCUT2D eigenvalue weighted by Crippen LogP contribution is 2.35. The monoisotopic (exact) mass is 157 g/mol. The van der Waals surface area contributed by atoms with Gasteiger partial charge in [0, 0.05) is 0 Å². The van der Waals surface area contributed by atoms with E-state index in [0.717, 1.165) is 12.3 Å². The largest absolute Gasteiger partial charge is 0.380 e. The molecule has 0 bridgehead atoms. The van der Waals surface area contributed by atoms with Gasteiger partial charge in [-0.2, -0.15) is 0 Å². The van der Waals surface area contributed by atoms with Crippen LogP contribution in [0.4, 0.5) is 0 Å². The molecule has 1 atom stereocenters. The summed E-state index contributed by atoms with van der Waals surface area (Å²) in [7, 11) is 0. The molecule has 1 aliphatic carbocycles. The summed E-state index contributed by atoms with van der Waals surface area (Å²) in [5, 5.41) is 9.39. The van der Waals surface area contributed by atoms with E-state index >= 15 is 0 Å². The number of rotatable bonds is 4. The molecule has 0 aromatic heterocycles. The van der Waals surface area contributed by atoms with Gasteiger partial charge in [0.2, 0.25) is 5.91 Å². The SMILES string of the molecule is C[C@](O)(CCC1CC1)C(N)=O. The lowest BCUT2D eigenvalue weighted by Gasteiger charge is -2.18. The first-order valence-electron chi connectivity index (χ1n) is 4.04. The molecule has 1 amide bonds. The van der Waals surface area contributed by atoms with Gasteiger partial charge < -0.3 is 10.8 Å². The van der Waals surface area contributed by atoms with Crippen LogP contribution in [0.25, 0.3) is 0 Å². The first-order valence-corrected chi connectivity index (χ1v) is 4.04. The number of carbonyl (C=O) groups is 1. The third kappa shape index (κ3) is 2.50. The standard InChI is InChI=1S/C8H15NO2/c1-8(11,7(9)10)5-4-6-2-3-6/h6,11H,2-5H2,1H3,(H2,9,10)/t8-/m0/s1. The number of nitrogens with two attached hydrogens (primary N) is 1. The number of aliphatic hydroxyl groups is 1. The van der Waals surface area contributed by atoms with E-state index in [1.54, 1.807) is 0 Å². The average molecular weight is 157 g/mol. The van der Waals surface area contributed by atoms with Crippen molar-refractivity contribution < 1.29 is 9.90 Å². The Morgan fingerprint density at radius 2 is 2.27 bits per heavy atom. The minimum atomic E-state index is -1.29. The Bertz CT molecular complexity index is 161. The highest BCUT2D eigenvalue weighted by Gasteiger charge is 2.31. The van der Waals surface area contributed by atoms with Gasteiger partial charge in [-0.1, -0.05) is 12.8 Å². The molecule has 0 heterocycles. The molecule has 11 heavy (non-hydrogen) atoms. The van der Waals surface area contributed by atoms with Crippen LogP contribution < -0.4 is 5.73 Å². The van der Waals surface area contributed by atoms with Crippen molar-refractivity contribution in [2.45, 2.75) is 38.2 Å². The summed E-state index contributed by atoms with van der Waals surface area (Å²) in [5.41, 5.74) is 3.70. The van der Waals surface area contributed by atoms with Crippen LogP contribution in [0.15, 0.2) is 0 Å². The summed E-state index contributed by atoms with van der Waals surface area (Å²) in [4.78, 5) is 10.6. The third-order valence-corrected chi connectivity index (χ3v) is 2.27. The highest BCUT2D eigenvalue weighted by atomic mass is 16.3. The van der Waals surface area contributed by atoms with E-state index in [1.165, 1.54) is 19.8 Å². The maximum Gasteiger partial charge on any atom is 0.249 e. The maximum absolute atomic E-state index is 10.6. The first kappa shape index (κ1) is 8.53. The van der Waals surface area contributed by atoms with E-state index in [-0.39, 0.29) is 0 Å². The Balaban J connectivity index is 2.26. The Hall–Kier alpha value is -0.570. The smallest absolute Gasteiger partial charge is 0.249 e. The van der Waals surface area contributed by atoms with Crippen molar-refractivity contribution in [2.24, 2.45) is 11.7 Å². The van der Waals surface area contributed by atoms with E-state index in [9.17, 15) is 9.90 Å². The summed E-state index contributed by atoms with van der Waals surface area (Å²) in [6.45, 7) is 1.48. The molecule has 3 N–H and O–H groups in total. The summed E-state index contributed by atoms with van der Waals surface area (Å²) in [6, 6.07) is 0. The molecule has 0 spiro atoms. The van der Waals surface area contributed by atoms with Gasteiger partial charge in [0.1, 0.15) is 5.60 Å². The van der Waals surface area contributed by atoms with Crippen molar-refractivity contribution in [1.29, 1.82) is 0 Å². The normalized spacial score (nSPS) is 22.7. The molecule has 0 aliphatic heterocycles. The van der Waals surface area contributed by atoms with E-state index in [4.69, 9.17) is 5.73 Å². The van der Waals surface area contributed by atoms with Crippen LogP contribution in [0.5, 0.6) is 0 Å². The molecular formula is C8H15NO2. The van der Waals surface area contributed by atoms with Crippen molar-refractivity contribution >= 4 is 5.91 Å². The van der Waals surface area contributed by atoms with Gasteiger partial charge in [-0.05, 0) is 25.7 Å². The molecule has 0 saturated heterocycles. The van der Waals surface area contributed by atoms with Crippen molar-refractivity contribution in [3.05, 3.63) is 0 Å². The fraction of sp³-hybridized carbons (Fsp3) is 0.875. The third-order valence-electron chi connectivity index (χ3n) is 2.27. The van der Waals surface area contributed by atoms with Crippen molar-refractivity contribution in [1.82, 2.24) is 0 Å². The minimum absolute atomic E-state index is 0.507. The van der Waals surface area contributed by atoms with Crippen molar-refractivity contribution in [2.75, 3.05) is 0 Å². The van der Waals surface area contributed by atoms with Gasteiger partial charge in [-0.3, -0.25) is 4.79 Å². The lowest BCUT2D eigenvalue weighted by molar-refractivity contribution is -0.135. The lowest BCUT2D eigenvalue weighted by atomic mass is 9.98. The zero-order chi connectivity index (χ0) is 8.48. The first-order chi connectivity index (χ1) is 5.02. The second-order valence-corrected chi connectivity index (χ2v) is 3.62. The van der Waals surface area contributed by atoms with Gasteiger partial charge in [0.05, 0.1) is 0 Å². The van der Waals surface area contributed by atoms with Crippen LogP contribution in [0.2, 0.25) is 0 Å². The van der Waals surface area contributed by atoms with E-state index < -0.39 is 11.5 Å². The quantitative estimate of drug-likeness (QED) is 0.621. The van der Waals surface area contributed by atoms with Gasteiger partial charge in [0.25, 0.3) is 0 Å². The van der Waals surface area contributed by atoms with Crippen LogP contribution in [0.1, 0.15) is 32.6 Å². The Labute approximate surface area is 66.6 Å². The predicted molar refractivity (Wildman–Crippen MR) is 41.8 cm³/mol. The molecule has 0 aromatic carbocycles. The zero-order valence-corrected chi connectivity index (χ0v) is 6.84. The van der Waals surface area contributed by atoms with E-state index in [0.29, 0.717) is 6.42 Å². The Morgan fingerprint density at radius 3 is 2.64 bits per heavy atom. The average Bonchev–Trinajstić information content (AvgIpc) is 2.65. The summed E-state index contributed by atoms with van der Waals surface area (Å²) in [5.74, 6) is 0.124. The van der Waals surface area contributed by atoms with E-state index in [1.807, 2.05) is 0 Å². The minimum Gasteiger partial charge on any atom is -0.380 e. The number of hydrogen-bond donors (Lipinski definition) is 2. The number of hydrogen-bond acceptors (Lipinski definition) is 2. The van der Waals surface area contributed by atoms with Gasteiger partial charge >= 0.3 is 0 Å². The van der Waals surface area contributed by atoms with E-state index in [2.05, 4.69) is 0 Å². The topological polar surface area (TPSA) is 63.3 Å². The maximum atomic E-state index is 10.6. The number of primary amides is 1. The molecular weight excluding hydrogens is 142 g/mol. The Kier molecular flexibility index (Phi) is 2.18. The molecule has 1 saturated carbocycles. The van der Waals surface area contributed by atoms with Crippen LogP contribution in [-0.2, 0) is 4.79 Å². The Morgan fingerprint density at radius 1 is 1.73 bits per heavy atom. The van der Waals surface area contributed by atoms with Gasteiger partial charge in [-0.25, -0.2) is 0 Å².